The average molecular weight is 490 g/mol. The molecular weight excluding hydrogens is 465 g/mol. The molecule has 2 aromatic rings. The van der Waals surface area contributed by atoms with E-state index in [1.54, 1.807) is 7.05 Å². The summed E-state index contributed by atoms with van der Waals surface area (Å²) in [5.41, 5.74) is 0.834. The van der Waals surface area contributed by atoms with Gasteiger partial charge in [0.05, 0.1) is 6.54 Å². The quantitative estimate of drug-likeness (QED) is 0.381. The molecule has 1 aliphatic rings. The van der Waals surface area contributed by atoms with E-state index in [-0.39, 0.29) is 24.0 Å². The third kappa shape index (κ3) is 5.84. The van der Waals surface area contributed by atoms with Gasteiger partial charge in [-0.25, -0.2) is 0 Å². The minimum atomic E-state index is 0. The zero-order valence-electron chi connectivity index (χ0n) is 15.0. The zero-order chi connectivity index (χ0) is 17.6. The van der Waals surface area contributed by atoms with Crippen molar-refractivity contribution >= 4 is 41.5 Å². The van der Waals surface area contributed by atoms with Crippen LogP contribution in [0.25, 0.3) is 11.4 Å². The molecule has 2 atom stereocenters. The molecule has 1 heterocycles. The summed E-state index contributed by atoms with van der Waals surface area (Å²) in [6, 6.07) is 7.87. The lowest BCUT2D eigenvalue weighted by molar-refractivity contribution is 0.323. The van der Waals surface area contributed by atoms with Gasteiger partial charge in [0.25, 0.3) is 0 Å². The molecule has 0 radical (unpaired) electrons. The predicted molar refractivity (Wildman–Crippen MR) is 115 cm³/mol. The molecule has 0 spiro atoms. The fourth-order valence-electron chi connectivity index (χ4n) is 3.18. The first-order valence-corrected chi connectivity index (χ1v) is 9.07. The molecule has 2 unspecified atom stereocenters. The first kappa shape index (κ1) is 21.0. The van der Waals surface area contributed by atoms with Crippen LogP contribution in [0, 0.1) is 5.92 Å². The number of nitrogens with one attached hydrogen (secondary N) is 2. The number of nitrogens with zero attached hydrogens (tertiary/aromatic N) is 3. The molecule has 0 bridgehead atoms. The molecule has 1 aromatic carbocycles. The Morgan fingerprint density at radius 2 is 2.23 bits per heavy atom. The van der Waals surface area contributed by atoms with E-state index < -0.39 is 0 Å². The smallest absolute Gasteiger partial charge is 0.246 e. The molecule has 1 saturated carbocycles. The van der Waals surface area contributed by atoms with Crippen molar-refractivity contribution in [1.82, 2.24) is 20.8 Å². The van der Waals surface area contributed by atoms with Crippen molar-refractivity contribution in [2.24, 2.45) is 10.9 Å². The van der Waals surface area contributed by atoms with Crippen LogP contribution >= 0.6 is 35.6 Å². The molecule has 1 aliphatic carbocycles. The number of halogens is 2. The maximum Gasteiger partial charge on any atom is 0.246 e. The SMILES string of the molecule is CN=C(NCc1nc(-c2cccc(Cl)c2)no1)NC1CCCC(C)C1.I. The number of aliphatic imine (C=N–C) groups is 1. The normalized spacial score (nSPS) is 20.3. The van der Waals surface area contributed by atoms with Gasteiger partial charge in [0, 0.05) is 23.7 Å². The number of aromatic nitrogens is 2. The van der Waals surface area contributed by atoms with Crippen LogP contribution in [-0.4, -0.2) is 29.2 Å². The van der Waals surface area contributed by atoms with Gasteiger partial charge in [-0.15, -0.1) is 24.0 Å². The number of guanidine groups is 1. The maximum atomic E-state index is 6.00. The molecule has 0 saturated heterocycles. The van der Waals surface area contributed by atoms with Crippen LogP contribution in [0.15, 0.2) is 33.8 Å². The molecule has 0 aliphatic heterocycles. The number of hydrogen-bond donors (Lipinski definition) is 2. The van der Waals surface area contributed by atoms with E-state index in [1.807, 2.05) is 24.3 Å². The second-order valence-corrected chi connectivity index (χ2v) is 7.00. The summed E-state index contributed by atoms with van der Waals surface area (Å²) in [6.45, 7) is 2.73. The number of hydrogen-bond acceptors (Lipinski definition) is 4. The molecule has 1 fully saturated rings. The Hall–Kier alpha value is -1.35. The van der Waals surface area contributed by atoms with Gasteiger partial charge in [-0.05, 0) is 30.9 Å². The fourth-order valence-corrected chi connectivity index (χ4v) is 3.37. The largest absolute Gasteiger partial charge is 0.354 e. The first-order chi connectivity index (χ1) is 12.1. The van der Waals surface area contributed by atoms with Crippen molar-refractivity contribution in [3.63, 3.8) is 0 Å². The Labute approximate surface area is 176 Å². The van der Waals surface area contributed by atoms with Crippen LogP contribution in [0.4, 0.5) is 0 Å². The monoisotopic (exact) mass is 489 g/mol. The van der Waals surface area contributed by atoms with Gasteiger partial charge in [0.2, 0.25) is 11.7 Å². The van der Waals surface area contributed by atoms with Crippen molar-refractivity contribution in [1.29, 1.82) is 0 Å². The Morgan fingerprint density at radius 3 is 2.96 bits per heavy atom. The van der Waals surface area contributed by atoms with Crippen molar-refractivity contribution in [2.75, 3.05) is 7.05 Å². The van der Waals surface area contributed by atoms with Crippen LogP contribution in [0.1, 0.15) is 38.5 Å². The molecule has 1 aromatic heterocycles. The van der Waals surface area contributed by atoms with E-state index in [0.717, 1.165) is 17.4 Å². The van der Waals surface area contributed by atoms with Crippen molar-refractivity contribution in [2.45, 2.75) is 45.2 Å². The summed E-state index contributed by atoms with van der Waals surface area (Å²) in [5.74, 6) is 2.57. The Balaban J connectivity index is 0.00000243. The van der Waals surface area contributed by atoms with Gasteiger partial charge in [-0.2, -0.15) is 4.98 Å². The van der Waals surface area contributed by atoms with Gasteiger partial charge in [0.15, 0.2) is 5.96 Å². The van der Waals surface area contributed by atoms with E-state index in [0.29, 0.717) is 29.3 Å². The molecule has 6 nitrogen and oxygen atoms in total. The van der Waals surface area contributed by atoms with Gasteiger partial charge in [-0.3, -0.25) is 4.99 Å². The lowest BCUT2D eigenvalue weighted by Gasteiger charge is -2.28. The molecular formula is C18H25ClIN5O. The lowest BCUT2D eigenvalue weighted by Crippen LogP contribution is -2.44. The van der Waals surface area contributed by atoms with E-state index in [9.17, 15) is 0 Å². The number of rotatable bonds is 4. The van der Waals surface area contributed by atoms with Crippen LogP contribution in [-0.2, 0) is 6.54 Å². The summed E-state index contributed by atoms with van der Waals surface area (Å²) in [7, 11) is 1.77. The third-order valence-electron chi connectivity index (χ3n) is 4.46. The lowest BCUT2D eigenvalue weighted by atomic mass is 9.87. The van der Waals surface area contributed by atoms with E-state index in [2.05, 4.69) is 32.7 Å². The summed E-state index contributed by atoms with van der Waals surface area (Å²) in [4.78, 5) is 8.69. The topological polar surface area (TPSA) is 75.3 Å². The minimum absolute atomic E-state index is 0. The fraction of sp³-hybridized carbons (Fsp3) is 0.500. The molecule has 3 rings (SSSR count). The highest BCUT2D eigenvalue weighted by Gasteiger charge is 2.19. The number of benzene rings is 1. The van der Waals surface area contributed by atoms with Gasteiger partial charge >= 0.3 is 0 Å². The molecule has 8 heteroatoms. The van der Waals surface area contributed by atoms with Gasteiger partial charge < -0.3 is 15.2 Å². The first-order valence-electron chi connectivity index (χ1n) is 8.69. The van der Waals surface area contributed by atoms with Crippen LogP contribution < -0.4 is 10.6 Å². The summed E-state index contributed by atoms with van der Waals surface area (Å²) < 4.78 is 5.31. The van der Waals surface area contributed by atoms with Gasteiger partial charge in [-0.1, -0.05) is 48.7 Å². The Morgan fingerprint density at radius 1 is 1.38 bits per heavy atom. The summed E-state index contributed by atoms with van der Waals surface area (Å²) in [5, 5.41) is 11.4. The van der Waals surface area contributed by atoms with Crippen molar-refractivity contribution in [3.05, 3.63) is 35.2 Å². The second kappa shape index (κ2) is 10.1. The standard InChI is InChI=1S/C18H24ClN5O.HI/c1-12-5-3-8-15(9-12)22-18(20-2)21-11-16-23-17(24-25-16)13-6-4-7-14(19)10-13;/h4,6-7,10,12,15H,3,5,8-9,11H2,1-2H3,(H2,20,21,22);1H. The third-order valence-corrected chi connectivity index (χ3v) is 4.69. The highest BCUT2D eigenvalue weighted by molar-refractivity contribution is 14.0. The highest BCUT2D eigenvalue weighted by atomic mass is 127. The van der Waals surface area contributed by atoms with Crippen LogP contribution in [0.2, 0.25) is 5.02 Å². The van der Waals surface area contributed by atoms with Crippen molar-refractivity contribution in [3.8, 4) is 11.4 Å². The van der Waals surface area contributed by atoms with Crippen LogP contribution in [0.5, 0.6) is 0 Å². The maximum absolute atomic E-state index is 6.00. The predicted octanol–water partition coefficient (Wildman–Crippen LogP) is 4.25. The Kier molecular flexibility index (Phi) is 8.15. The summed E-state index contributed by atoms with van der Waals surface area (Å²) in [6.07, 6.45) is 4.95. The van der Waals surface area contributed by atoms with E-state index in [1.165, 1.54) is 25.7 Å². The van der Waals surface area contributed by atoms with Crippen LogP contribution in [0.3, 0.4) is 0 Å². The van der Waals surface area contributed by atoms with E-state index in [4.69, 9.17) is 16.1 Å². The summed E-state index contributed by atoms with van der Waals surface area (Å²) >= 11 is 6.00. The zero-order valence-corrected chi connectivity index (χ0v) is 18.1. The van der Waals surface area contributed by atoms with Gasteiger partial charge in [0.1, 0.15) is 0 Å². The molecule has 2 N–H and O–H groups in total. The molecule has 0 amide bonds. The molecule has 26 heavy (non-hydrogen) atoms. The Bertz CT molecular complexity index is 736. The second-order valence-electron chi connectivity index (χ2n) is 6.56. The molecule has 142 valence electrons. The minimum Gasteiger partial charge on any atom is -0.354 e. The average Bonchev–Trinajstić information content (AvgIpc) is 3.08. The van der Waals surface area contributed by atoms with Crippen molar-refractivity contribution < 1.29 is 4.52 Å². The highest BCUT2D eigenvalue weighted by Crippen LogP contribution is 2.23. The van der Waals surface area contributed by atoms with E-state index >= 15 is 0 Å².